The number of nitrogens with zero attached hydrogens (tertiary/aromatic N) is 3. The van der Waals surface area contributed by atoms with Crippen molar-refractivity contribution in [2.45, 2.75) is 38.6 Å². The van der Waals surface area contributed by atoms with Crippen LogP contribution in [-0.2, 0) is 13.1 Å². The lowest BCUT2D eigenvalue weighted by atomic mass is 10.1. The first kappa shape index (κ1) is 22.8. The van der Waals surface area contributed by atoms with E-state index in [1.54, 1.807) is 6.20 Å². The van der Waals surface area contributed by atoms with E-state index < -0.39 is 0 Å². The minimum atomic E-state index is 0. The normalized spacial score (nSPS) is 11.8. The summed E-state index contributed by atoms with van der Waals surface area (Å²) < 4.78 is 2.11. The Morgan fingerprint density at radius 2 is 1.92 bits per heavy atom. The quantitative estimate of drug-likeness (QED) is 0.339. The summed E-state index contributed by atoms with van der Waals surface area (Å²) in [5, 5.41) is 11.1. The average Bonchev–Trinajstić information content (AvgIpc) is 3.11. The molecule has 0 amide bonds. The van der Waals surface area contributed by atoms with Gasteiger partial charge in [0.05, 0.1) is 13.1 Å². The minimum Gasteiger partial charge on any atom is -0.357 e. The number of hydrogen-bond donors (Lipinski definition) is 2. The molecule has 0 saturated carbocycles. The van der Waals surface area contributed by atoms with Gasteiger partial charge in [-0.2, -0.15) is 16.9 Å². The smallest absolute Gasteiger partial charge is 0.191 e. The van der Waals surface area contributed by atoms with Crippen LogP contribution in [0.3, 0.4) is 0 Å². The van der Waals surface area contributed by atoms with Crippen LogP contribution in [0.15, 0.2) is 47.7 Å². The van der Waals surface area contributed by atoms with Gasteiger partial charge in [0, 0.05) is 30.2 Å². The van der Waals surface area contributed by atoms with E-state index in [2.05, 4.69) is 67.0 Å². The Bertz CT molecular complexity index is 670. The van der Waals surface area contributed by atoms with Crippen molar-refractivity contribution >= 4 is 41.7 Å². The van der Waals surface area contributed by atoms with Crippen LogP contribution in [0.2, 0.25) is 0 Å². The highest BCUT2D eigenvalue weighted by Gasteiger charge is 2.16. The second-order valence-electron chi connectivity index (χ2n) is 6.48. The number of nitrogens with one attached hydrogen (secondary N) is 2. The Morgan fingerprint density at radius 1 is 1.19 bits per heavy atom. The summed E-state index contributed by atoms with van der Waals surface area (Å²) in [5.74, 6) is 0.860. The average molecular weight is 487 g/mol. The molecule has 144 valence electrons. The maximum atomic E-state index is 4.77. The summed E-state index contributed by atoms with van der Waals surface area (Å²) in [5.41, 5.74) is 2.47. The number of benzene rings is 1. The molecule has 0 fully saturated rings. The maximum absolute atomic E-state index is 4.77. The summed E-state index contributed by atoms with van der Waals surface area (Å²) in [6.07, 6.45) is 5.93. The van der Waals surface area contributed by atoms with Gasteiger partial charge in [-0.25, -0.2) is 4.99 Å². The molecule has 1 aromatic heterocycles. The zero-order valence-corrected chi connectivity index (χ0v) is 19.2. The first-order valence-corrected chi connectivity index (χ1v) is 9.88. The predicted octanol–water partition coefficient (Wildman–Crippen LogP) is 3.75. The highest BCUT2D eigenvalue weighted by Crippen LogP contribution is 2.19. The molecule has 26 heavy (non-hydrogen) atoms. The van der Waals surface area contributed by atoms with E-state index in [1.165, 1.54) is 11.1 Å². The van der Waals surface area contributed by atoms with E-state index in [0.29, 0.717) is 6.54 Å². The van der Waals surface area contributed by atoms with Crippen molar-refractivity contribution in [3.63, 3.8) is 0 Å². The van der Waals surface area contributed by atoms with Crippen LogP contribution in [0.1, 0.15) is 31.9 Å². The minimum absolute atomic E-state index is 0. The summed E-state index contributed by atoms with van der Waals surface area (Å²) >= 11 is 1.85. The zero-order chi connectivity index (χ0) is 18.1. The van der Waals surface area contributed by atoms with E-state index in [4.69, 9.17) is 4.99 Å². The van der Waals surface area contributed by atoms with Crippen LogP contribution in [0.25, 0.3) is 0 Å². The largest absolute Gasteiger partial charge is 0.357 e. The summed E-state index contributed by atoms with van der Waals surface area (Å²) in [6, 6.07) is 10.4. The molecule has 0 aliphatic carbocycles. The Kier molecular flexibility index (Phi) is 10.1. The predicted molar refractivity (Wildman–Crippen MR) is 124 cm³/mol. The van der Waals surface area contributed by atoms with Crippen molar-refractivity contribution in [3.8, 4) is 0 Å². The molecule has 1 aromatic carbocycles. The molecule has 2 rings (SSSR count). The molecular formula is C19H30IN5S. The van der Waals surface area contributed by atoms with Gasteiger partial charge in [0.25, 0.3) is 0 Å². The highest BCUT2D eigenvalue weighted by molar-refractivity contribution is 14.0. The van der Waals surface area contributed by atoms with Gasteiger partial charge in [-0.1, -0.05) is 24.3 Å². The molecule has 0 bridgehead atoms. The Hall–Kier alpha value is -1.22. The number of hydrogen-bond acceptors (Lipinski definition) is 3. The molecule has 0 aliphatic heterocycles. The van der Waals surface area contributed by atoms with Crippen molar-refractivity contribution in [2.75, 3.05) is 19.3 Å². The van der Waals surface area contributed by atoms with Crippen LogP contribution < -0.4 is 10.6 Å². The number of thioether (sulfide) groups is 1. The molecule has 0 radical (unpaired) electrons. The van der Waals surface area contributed by atoms with Crippen LogP contribution >= 0.6 is 35.7 Å². The first-order valence-electron chi connectivity index (χ1n) is 8.65. The third-order valence-corrected chi connectivity index (χ3v) is 5.25. The Labute approximate surface area is 178 Å². The molecule has 0 saturated heterocycles. The number of aromatic nitrogens is 2. The van der Waals surface area contributed by atoms with Crippen molar-refractivity contribution in [2.24, 2.45) is 4.99 Å². The van der Waals surface area contributed by atoms with Crippen molar-refractivity contribution in [3.05, 3.63) is 53.9 Å². The molecule has 2 N–H and O–H groups in total. The number of aliphatic imine (C=N–C) groups is 1. The molecule has 7 heteroatoms. The van der Waals surface area contributed by atoms with Crippen LogP contribution in [0, 0.1) is 0 Å². The third kappa shape index (κ3) is 7.57. The molecule has 0 spiro atoms. The van der Waals surface area contributed by atoms with Crippen molar-refractivity contribution in [1.82, 2.24) is 20.4 Å². The van der Waals surface area contributed by atoms with E-state index in [1.807, 2.05) is 28.7 Å². The lowest BCUT2D eigenvalue weighted by Crippen LogP contribution is -2.43. The SMILES string of the molecule is CCNC(=NCc1ccccc1Cn1cccn1)NCC(C)(C)SC.I. The molecular weight excluding hydrogens is 457 g/mol. The summed E-state index contributed by atoms with van der Waals surface area (Å²) in [4.78, 5) is 4.77. The lowest BCUT2D eigenvalue weighted by Gasteiger charge is -2.23. The van der Waals surface area contributed by atoms with Gasteiger partial charge in [-0.05, 0) is 44.2 Å². The third-order valence-electron chi connectivity index (χ3n) is 4.00. The van der Waals surface area contributed by atoms with Crippen molar-refractivity contribution in [1.29, 1.82) is 0 Å². The number of rotatable bonds is 8. The molecule has 0 aliphatic rings. The standard InChI is InChI=1S/C19H29N5S.HI/c1-5-20-18(22-15-19(2,3)25-4)21-13-16-9-6-7-10-17(16)14-24-12-8-11-23-24;/h6-12H,5,13-15H2,1-4H3,(H2,20,21,22);1H. The summed E-state index contributed by atoms with van der Waals surface area (Å²) in [6.45, 7) is 9.67. The van der Waals surface area contributed by atoms with Gasteiger partial charge in [0.2, 0.25) is 0 Å². The molecule has 5 nitrogen and oxygen atoms in total. The zero-order valence-electron chi connectivity index (χ0n) is 16.0. The van der Waals surface area contributed by atoms with Crippen LogP contribution in [-0.4, -0.2) is 39.8 Å². The second-order valence-corrected chi connectivity index (χ2v) is 8.00. The summed E-state index contributed by atoms with van der Waals surface area (Å²) in [7, 11) is 0. The van der Waals surface area contributed by atoms with Crippen LogP contribution in [0.4, 0.5) is 0 Å². The molecule has 0 unspecified atom stereocenters. The van der Waals surface area contributed by atoms with Crippen molar-refractivity contribution < 1.29 is 0 Å². The van der Waals surface area contributed by atoms with Gasteiger partial charge < -0.3 is 10.6 Å². The van der Waals surface area contributed by atoms with E-state index in [9.17, 15) is 0 Å². The van der Waals surface area contributed by atoms with Gasteiger partial charge in [-0.15, -0.1) is 24.0 Å². The van der Waals surface area contributed by atoms with Crippen LogP contribution in [0.5, 0.6) is 0 Å². The van der Waals surface area contributed by atoms with Gasteiger partial charge in [0.15, 0.2) is 5.96 Å². The maximum Gasteiger partial charge on any atom is 0.191 e. The first-order chi connectivity index (χ1) is 12.0. The topological polar surface area (TPSA) is 54.2 Å². The molecule has 2 aromatic rings. The van der Waals surface area contributed by atoms with E-state index in [-0.39, 0.29) is 28.7 Å². The van der Waals surface area contributed by atoms with Gasteiger partial charge in [0.1, 0.15) is 0 Å². The lowest BCUT2D eigenvalue weighted by molar-refractivity contribution is 0.663. The van der Waals surface area contributed by atoms with E-state index in [0.717, 1.165) is 25.6 Å². The van der Waals surface area contributed by atoms with Gasteiger partial charge >= 0.3 is 0 Å². The fraction of sp³-hybridized carbons (Fsp3) is 0.474. The molecule has 1 heterocycles. The molecule has 0 atom stereocenters. The number of halogens is 1. The monoisotopic (exact) mass is 487 g/mol. The Balaban J connectivity index is 0.00000338. The van der Waals surface area contributed by atoms with E-state index >= 15 is 0 Å². The Morgan fingerprint density at radius 3 is 2.54 bits per heavy atom. The second kappa shape index (κ2) is 11.5. The fourth-order valence-electron chi connectivity index (χ4n) is 2.31. The highest BCUT2D eigenvalue weighted by atomic mass is 127. The number of guanidine groups is 1. The fourth-order valence-corrected chi connectivity index (χ4v) is 2.53. The van der Waals surface area contributed by atoms with Gasteiger partial charge in [-0.3, -0.25) is 4.68 Å².